The molecule has 0 amide bonds. The molecule has 0 aliphatic carbocycles. The number of carbonyl (C=O) groups excluding carboxylic acids is 2. The predicted octanol–water partition coefficient (Wildman–Crippen LogP) is 0.375. The monoisotopic (exact) mass is 256 g/mol. The van der Waals surface area contributed by atoms with Crippen LogP contribution in [0.15, 0.2) is 23.1 Å². The molecule has 0 bridgehead atoms. The van der Waals surface area contributed by atoms with E-state index in [1.807, 2.05) is 0 Å². The Hall–Kier alpha value is -1.89. The van der Waals surface area contributed by atoms with E-state index in [1.165, 1.54) is 19.2 Å². The van der Waals surface area contributed by atoms with Gasteiger partial charge in [-0.1, -0.05) is 0 Å². The number of carbonyl (C=O) groups is 2. The number of benzene rings is 1. The molecule has 6 nitrogen and oxygen atoms in total. The van der Waals surface area contributed by atoms with Gasteiger partial charge in [-0.25, -0.2) is 18.0 Å². The zero-order chi connectivity index (χ0) is 12.6. The molecule has 0 aromatic heterocycles. The van der Waals surface area contributed by atoms with Gasteiger partial charge in [0.2, 0.25) is 9.84 Å². The van der Waals surface area contributed by atoms with E-state index in [-0.39, 0.29) is 16.0 Å². The minimum atomic E-state index is -3.69. The van der Waals surface area contributed by atoms with Crippen LogP contribution in [0, 0.1) is 0 Å². The minimum absolute atomic E-state index is 0.0658. The van der Waals surface area contributed by atoms with E-state index >= 15 is 0 Å². The first kappa shape index (κ1) is 11.6. The van der Waals surface area contributed by atoms with Crippen molar-refractivity contribution in [3.8, 4) is 0 Å². The third kappa shape index (κ3) is 1.89. The topological polar surface area (TPSA) is 86.7 Å². The van der Waals surface area contributed by atoms with Crippen LogP contribution >= 0.6 is 0 Å². The first-order chi connectivity index (χ1) is 7.95. The lowest BCUT2D eigenvalue weighted by molar-refractivity contribution is 0.0549. The van der Waals surface area contributed by atoms with Crippen LogP contribution in [0.5, 0.6) is 0 Å². The molecule has 2 rings (SSSR count). The predicted molar refractivity (Wildman–Crippen MR) is 55.2 cm³/mol. The molecule has 0 radical (unpaired) electrons. The molecule has 0 spiro atoms. The number of sulfone groups is 1. The first-order valence-electron chi connectivity index (χ1n) is 4.58. The molecular weight excluding hydrogens is 248 g/mol. The normalized spacial score (nSPS) is 16.9. The minimum Gasteiger partial charge on any atom is -0.465 e. The van der Waals surface area contributed by atoms with Crippen LogP contribution in [-0.2, 0) is 19.3 Å². The van der Waals surface area contributed by atoms with Gasteiger partial charge in [-0.2, -0.15) is 0 Å². The third-order valence-electron chi connectivity index (χ3n) is 2.30. The summed E-state index contributed by atoms with van der Waals surface area (Å²) in [6, 6.07) is 3.67. The maximum Gasteiger partial charge on any atom is 0.340 e. The summed E-state index contributed by atoms with van der Waals surface area (Å²) >= 11 is 0. The van der Waals surface area contributed by atoms with E-state index in [2.05, 4.69) is 9.47 Å². The number of ether oxygens (including phenoxy) is 2. The highest BCUT2D eigenvalue weighted by atomic mass is 32.2. The zero-order valence-corrected chi connectivity index (χ0v) is 9.61. The summed E-state index contributed by atoms with van der Waals surface area (Å²) in [4.78, 5) is 22.4. The van der Waals surface area contributed by atoms with Crippen LogP contribution in [0.3, 0.4) is 0 Å². The van der Waals surface area contributed by atoms with Gasteiger partial charge in [-0.05, 0) is 18.2 Å². The summed E-state index contributed by atoms with van der Waals surface area (Å²) in [5, 5.41) is 0. The summed E-state index contributed by atoms with van der Waals surface area (Å²) in [7, 11) is -2.50. The zero-order valence-electron chi connectivity index (χ0n) is 8.80. The molecule has 0 saturated carbocycles. The Balaban J connectivity index is 2.64. The quantitative estimate of drug-likeness (QED) is 0.675. The molecule has 1 heterocycles. The van der Waals surface area contributed by atoms with Crippen molar-refractivity contribution in [2.75, 3.05) is 13.0 Å². The summed E-state index contributed by atoms with van der Waals surface area (Å²) in [5.41, 5.74) is 0.00780. The molecule has 90 valence electrons. The van der Waals surface area contributed by atoms with Crippen LogP contribution in [0.1, 0.15) is 20.7 Å². The van der Waals surface area contributed by atoms with Crippen molar-refractivity contribution in [3.63, 3.8) is 0 Å². The Morgan fingerprint density at radius 3 is 2.76 bits per heavy atom. The standard InChI is InChI=1S/C10H8O6S/c1-15-9(11)6-2-3-7-8(4-6)17(13,14)5-16-10(7)12/h2-4H,5H2,1H3. The van der Waals surface area contributed by atoms with Gasteiger partial charge < -0.3 is 9.47 Å². The van der Waals surface area contributed by atoms with Gasteiger partial charge in [0.15, 0.2) is 5.94 Å². The molecular formula is C10H8O6S. The smallest absolute Gasteiger partial charge is 0.340 e. The first-order valence-corrected chi connectivity index (χ1v) is 6.23. The fourth-order valence-electron chi connectivity index (χ4n) is 1.47. The Kier molecular flexibility index (Phi) is 2.62. The van der Waals surface area contributed by atoms with E-state index in [0.29, 0.717) is 0 Å². The van der Waals surface area contributed by atoms with E-state index in [9.17, 15) is 18.0 Å². The van der Waals surface area contributed by atoms with Crippen LogP contribution < -0.4 is 0 Å². The molecule has 0 saturated heterocycles. The molecule has 0 atom stereocenters. The highest BCUT2D eigenvalue weighted by molar-refractivity contribution is 7.91. The number of hydrogen-bond donors (Lipinski definition) is 0. The molecule has 1 aliphatic heterocycles. The van der Waals surface area contributed by atoms with Crippen LogP contribution in [-0.4, -0.2) is 33.4 Å². The molecule has 1 aromatic rings. The van der Waals surface area contributed by atoms with Crippen LogP contribution in [0.2, 0.25) is 0 Å². The third-order valence-corrected chi connectivity index (χ3v) is 3.74. The number of cyclic esters (lactones) is 1. The molecule has 0 unspecified atom stereocenters. The number of methoxy groups -OCH3 is 1. The molecule has 7 heteroatoms. The van der Waals surface area contributed by atoms with E-state index < -0.39 is 27.7 Å². The van der Waals surface area contributed by atoms with Crippen molar-refractivity contribution in [2.45, 2.75) is 4.90 Å². The fraction of sp³-hybridized carbons (Fsp3) is 0.200. The second kappa shape index (κ2) is 3.85. The molecule has 0 N–H and O–H groups in total. The van der Waals surface area contributed by atoms with Crippen LogP contribution in [0.25, 0.3) is 0 Å². The van der Waals surface area contributed by atoms with Crippen molar-refractivity contribution in [1.82, 2.24) is 0 Å². The van der Waals surface area contributed by atoms with Crippen molar-refractivity contribution in [2.24, 2.45) is 0 Å². The van der Waals surface area contributed by atoms with Gasteiger partial charge in [-0.15, -0.1) is 0 Å². The van der Waals surface area contributed by atoms with Crippen LogP contribution in [0.4, 0.5) is 0 Å². The Labute approximate surface area is 97.1 Å². The summed E-state index contributed by atoms with van der Waals surface area (Å²) in [6.07, 6.45) is 0. The van der Waals surface area contributed by atoms with Gasteiger partial charge in [0.05, 0.1) is 23.1 Å². The highest BCUT2D eigenvalue weighted by Gasteiger charge is 2.31. The van der Waals surface area contributed by atoms with Gasteiger partial charge in [0.25, 0.3) is 0 Å². The van der Waals surface area contributed by atoms with E-state index in [4.69, 9.17) is 0 Å². The van der Waals surface area contributed by atoms with Crippen molar-refractivity contribution in [3.05, 3.63) is 29.3 Å². The SMILES string of the molecule is COC(=O)c1ccc2c(c1)S(=O)(=O)COC2=O. The van der Waals surface area contributed by atoms with Crippen molar-refractivity contribution < 1.29 is 27.5 Å². The molecule has 1 aromatic carbocycles. The number of fused-ring (bicyclic) bond motifs is 1. The molecule has 17 heavy (non-hydrogen) atoms. The Morgan fingerprint density at radius 1 is 1.41 bits per heavy atom. The van der Waals surface area contributed by atoms with Gasteiger partial charge >= 0.3 is 11.9 Å². The fourth-order valence-corrected chi connectivity index (χ4v) is 2.65. The Bertz CT molecular complexity index is 601. The Morgan fingerprint density at radius 2 is 2.12 bits per heavy atom. The average Bonchev–Trinajstić information content (AvgIpc) is 2.33. The van der Waals surface area contributed by atoms with Crippen molar-refractivity contribution >= 4 is 21.8 Å². The summed E-state index contributed by atoms with van der Waals surface area (Å²) in [5.74, 6) is -2.09. The maximum atomic E-state index is 11.7. The molecule has 0 fully saturated rings. The van der Waals surface area contributed by atoms with Gasteiger partial charge in [0, 0.05) is 0 Å². The number of esters is 2. The second-order valence-electron chi connectivity index (χ2n) is 3.37. The van der Waals surface area contributed by atoms with Crippen molar-refractivity contribution in [1.29, 1.82) is 0 Å². The lowest BCUT2D eigenvalue weighted by Crippen LogP contribution is -2.24. The van der Waals surface area contributed by atoms with E-state index in [1.54, 1.807) is 0 Å². The van der Waals surface area contributed by atoms with Gasteiger partial charge in [0.1, 0.15) is 0 Å². The lowest BCUT2D eigenvalue weighted by Gasteiger charge is -2.16. The maximum absolute atomic E-state index is 11.7. The molecule has 1 aliphatic rings. The largest absolute Gasteiger partial charge is 0.465 e. The summed E-state index contributed by atoms with van der Waals surface area (Å²) < 4.78 is 32.3. The van der Waals surface area contributed by atoms with Gasteiger partial charge in [-0.3, -0.25) is 0 Å². The highest BCUT2D eigenvalue weighted by Crippen LogP contribution is 2.24. The average molecular weight is 256 g/mol. The number of rotatable bonds is 1. The number of hydrogen-bond acceptors (Lipinski definition) is 6. The second-order valence-corrected chi connectivity index (χ2v) is 5.27. The van der Waals surface area contributed by atoms with E-state index in [0.717, 1.165) is 6.07 Å². The summed E-state index contributed by atoms with van der Waals surface area (Å²) in [6.45, 7) is 0. The lowest BCUT2D eigenvalue weighted by atomic mass is 10.1.